The molecule has 15 heavy (non-hydrogen) atoms. The molecule has 1 heterocycles. The molecule has 0 aromatic heterocycles. The Bertz CT molecular complexity index is 219. The Kier molecular flexibility index (Phi) is 3.59. The molecule has 4 heteroatoms. The predicted octanol–water partition coefficient (Wildman–Crippen LogP) is 0.535. The van der Waals surface area contributed by atoms with Gasteiger partial charge in [0.15, 0.2) is 0 Å². The maximum Gasteiger partial charge on any atom is 0.306 e. The fourth-order valence-corrected chi connectivity index (χ4v) is 2.74. The first kappa shape index (κ1) is 10.9. The van der Waals surface area contributed by atoms with Gasteiger partial charge in [0, 0.05) is 32.2 Å². The summed E-state index contributed by atoms with van der Waals surface area (Å²) in [6.07, 6.45) is 3.86. The van der Waals surface area contributed by atoms with Crippen LogP contribution in [0.15, 0.2) is 0 Å². The van der Waals surface area contributed by atoms with E-state index in [1.165, 1.54) is 0 Å². The first-order valence-corrected chi connectivity index (χ1v) is 5.95. The summed E-state index contributed by atoms with van der Waals surface area (Å²) in [4.78, 5) is 13.3. The van der Waals surface area contributed by atoms with Crippen LogP contribution in [-0.2, 0) is 4.79 Å². The molecule has 1 saturated carbocycles. The number of nitrogens with one attached hydrogen (secondary N) is 1. The molecule has 2 rings (SSSR count). The first-order valence-electron chi connectivity index (χ1n) is 5.95. The standard InChI is InChI=1S/C11H20N2O2/c14-11(15)9-1-3-10(4-2-9)13-7-5-12-6-8-13/h9-10,12H,1-8H2,(H,14,15). The van der Waals surface area contributed by atoms with Crippen molar-refractivity contribution in [2.45, 2.75) is 31.7 Å². The maximum atomic E-state index is 10.8. The molecule has 0 aromatic carbocycles. The van der Waals surface area contributed by atoms with Gasteiger partial charge in [-0.05, 0) is 25.7 Å². The third-order valence-electron chi connectivity index (χ3n) is 3.71. The van der Waals surface area contributed by atoms with Crippen molar-refractivity contribution >= 4 is 5.97 Å². The number of piperazine rings is 1. The first-order chi connectivity index (χ1) is 7.27. The van der Waals surface area contributed by atoms with Crippen molar-refractivity contribution < 1.29 is 9.90 Å². The zero-order valence-corrected chi connectivity index (χ0v) is 9.11. The van der Waals surface area contributed by atoms with Crippen LogP contribution in [0.5, 0.6) is 0 Å². The van der Waals surface area contributed by atoms with Crippen molar-refractivity contribution in [3.63, 3.8) is 0 Å². The lowest BCUT2D eigenvalue weighted by atomic mass is 9.85. The third kappa shape index (κ3) is 2.69. The molecule has 1 aliphatic heterocycles. The minimum Gasteiger partial charge on any atom is -0.481 e. The lowest BCUT2D eigenvalue weighted by molar-refractivity contribution is -0.143. The van der Waals surface area contributed by atoms with Gasteiger partial charge in [-0.3, -0.25) is 9.69 Å². The molecule has 0 atom stereocenters. The van der Waals surface area contributed by atoms with Crippen molar-refractivity contribution in [1.29, 1.82) is 0 Å². The summed E-state index contributed by atoms with van der Waals surface area (Å²) in [5.41, 5.74) is 0. The Balaban J connectivity index is 1.79. The molecule has 2 N–H and O–H groups in total. The van der Waals surface area contributed by atoms with E-state index >= 15 is 0 Å². The number of aliphatic carboxylic acids is 1. The number of nitrogens with zero attached hydrogens (tertiary/aromatic N) is 1. The zero-order chi connectivity index (χ0) is 10.7. The van der Waals surface area contributed by atoms with E-state index in [0.29, 0.717) is 6.04 Å². The molecule has 0 unspecified atom stereocenters. The maximum absolute atomic E-state index is 10.8. The Labute approximate surface area is 90.6 Å². The van der Waals surface area contributed by atoms with Gasteiger partial charge >= 0.3 is 5.97 Å². The fourth-order valence-electron chi connectivity index (χ4n) is 2.74. The van der Waals surface area contributed by atoms with E-state index in [0.717, 1.165) is 51.9 Å². The highest BCUT2D eigenvalue weighted by atomic mass is 16.4. The SMILES string of the molecule is O=C(O)C1CCC(N2CCNCC2)CC1. The lowest BCUT2D eigenvalue weighted by Gasteiger charge is -2.38. The van der Waals surface area contributed by atoms with Crippen LogP contribution >= 0.6 is 0 Å². The molecule has 0 spiro atoms. The fraction of sp³-hybridized carbons (Fsp3) is 0.909. The summed E-state index contributed by atoms with van der Waals surface area (Å²) in [5.74, 6) is -0.682. The van der Waals surface area contributed by atoms with Crippen molar-refractivity contribution in [2.75, 3.05) is 26.2 Å². The van der Waals surface area contributed by atoms with E-state index in [-0.39, 0.29) is 5.92 Å². The molecule has 1 saturated heterocycles. The average Bonchev–Trinajstić information content (AvgIpc) is 2.30. The van der Waals surface area contributed by atoms with Gasteiger partial charge in [0.05, 0.1) is 5.92 Å². The molecule has 2 fully saturated rings. The van der Waals surface area contributed by atoms with Crippen molar-refractivity contribution in [1.82, 2.24) is 10.2 Å². The van der Waals surface area contributed by atoms with Crippen molar-refractivity contribution in [3.8, 4) is 0 Å². The third-order valence-corrected chi connectivity index (χ3v) is 3.71. The van der Waals surface area contributed by atoms with Crippen molar-refractivity contribution in [3.05, 3.63) is 0 Å². The van der Waals surface area contributed by atoms with E-state index < -0.39 is 5.97 Å². The summed E-state index contributed by atoms with van der Waals surface area (Å²) in [6, 6.07) is 0.641. The Morgan fingerprint density at radius 2 is 1.73 bits per heavy atom. The second-order valence-electron chi connectivity index (χ2n) is 4.63. The van der Waals surface area contributed by atoms with Crippen LogP contribution in [0.2, 0.25) is 0 Å². The number of carbonyl (C=O) groups is 1. The highest BCUT2D eigenvalue weighted by molar-refractivity contribution is 5.70. The average molecular weight is 212 g/mol. The smallest absolute Gasteiger partial charge is 0.306 e. The zero-order valence-electron chi connectivity index (χ0n) is 9.11. The molecule has 86 valence electrons. The Morgan fingerprint density at radius 1 is 1.13 bits per heavy atom. The minimum atomic E-state index is -0.603. The summed E-state index contributed by atoms with van der Waals surface area (Å²) < 4.78 is 0. The topological polar surface area (TPSA) is 52.6 Å². The molecular formula is C11H20N2O2. The van der Waals surface area contributed by atoms with Gasteiger partial charge < -0.3 is 10.4 Å². The molecule has 0 radical (unpaired) electrons. The van der Waals surface area contributed by atoms with Crippen LogP contribution in [-0.4, -0.2) is 48.2 Å². The number of carboxylic acids is 1. The number of rotatable bonds is 2. The molecule has 1 aliphatic carbocycles. The number of hydrogen-bond acceptors (Lipinski definition) is 3. The molecule has 0 aromatic rings. The van der Waals surface area contributed by atoms with Gasteiger partial charge in [-0.15, -0.1) is 0 Å². The molecule has 4 nitrogen and oxygen atoms in total. The second-order valence-corrected chi connectivity index (χ2v) is 4.63. The van der Waals surface area contributed by atoms with E-state index in [4.69, 9.17) is 5.11 Å². The van der Waals surface area contributed by atoms with E-state index in [1.807, 2.05) is 0 Å². The summed E-state index contributed by atoms with van der Waals surface area (Å²) in [6.45, 7) is 4.42. The van der Waals surface area contributed by atoms with Gasteiger partial charge in [-0.1, -0.05) is 0 Å². The molecule has 0 amide bonds. The lowest BCUT2D eigenvalue weighted by Crippen LogP contribution is -2.49. The van der Waals surface area contributed by atoms with Crippen molar-refractivity contribution in [2.24, 2.45) is 5.92 Å². The van der Waals surface area contributed by atoms with Gasteiger partial charge in [0.2, 0.25) is 0 Å². The highest BCUT2D eigenvalue weighted by Crippen LogP contribution is 2.27. The Hall–Kier alpha value is -0.610. The largest absolute Gasteiger partial charge is 0.481 e. The van der Waals surface area contributed by atoms with Crippen LogP contribution in [0, 0.1) is 5.92 Å². The summed E-state index contributed by atoms with van der Waals surface area (Å²) in [7, 11) is 0. The quantitative estimate of drug-likeness (QED) is 0.701. The van der Waals surface area contributed by atoms with Crippen LogP contribution in [0.3, 0.4) is 0 Å². The normalized spacial score (nSPS) is 33.9. The monoisotopic (exact) mass is 212 g/mol. The predicted molar refractivity (Wildman–Crippen MR) is 57.8 cm³/mol. The van der Waals surface area contributed by atoms with Gasteiger partial charge in [-0.25, -0.2) is 0 Å². The van der Waals surface area contributed by atoms with Crippen LogP contribution in [0.25, 0.3) is 0 Å². The second kappa shape index (κ2) is 4.94. The van der Waals surface area contributed by atoms with E-state index in [9.17, 15) is 4.79 Å². The summed E-state index contributed by atoms with van der Waals surface area (Å²) in [5, 5.41) is 12.3. The van der Waals surface area contributed by atoms with Crippen LogP contribution in [0.4, 0.5) is 0 Å². The van der Waals surface area contributed by atoms with Gasteiger partial charge in [0.25, 0.3) is 0 Å². The summed E-state index contributed by atoms with van der Waals surface area (Å²) >= 11 is 0. The molecule has 0 bridgehead atoms. The minimum absolute atomic E-state index is 0.0795. The number of carboxylic acid groups (broad SMARTS) is 1. The number of hydrogen-bond donors (Lipinski definition) is 2. The van der Waals surface area contributed by atoms with Gasteiger partial charge in [0.1, 0.15) is 0 Å². The van der Waals surface area contributed by atoms with Crippen LogP contribution in [0.1, 0.15) is 25.7 Å². The van der Waals surface area contributed by atoms with Crippen LogP contribution < -0.4 is 5.32 Å². The highest BCUT2D eigenvalue weighted by Gasteiger charge is 2.29. The Morgan fingerprint density at radius 3 is 2.27 bits per heavy atom. The molecule has 2 aliphatic rings. The van der Waals surface area contributed by atoms with E-state index in [2.05, 4.69) is 10.2 Å². The van der Waals surface area contributed by atoms with Gasteiger partial charge in [-0.2, -0.15) is 0 Å². The van der Waals surface area contributed by atoms with E-state index in [1.54, 1.807) is 0 Å². The molecular weight excluding hydrogens is 192 g/mol.